The first-order valence-corrected chi connectivity index (χ1v) is 12.3. The van der Waals surface area contributed by atoms with Crippen LogP contribution in [0.15, 0.2) is 51.8 Å². The Kier molecular flexibility index (Phi) is 5.27. The van der Waals surface area contributed by atoms with Crippen molar-refractivity contribution < 1.29 is 17.6 Å². The minimum absolute atomic E-state index is 0.156. The average molecular weight is 440 g/mol. The lowest BCUT2D eigenvalue weighted by Gasteiger charge is -2.20. The Bertz CT molecular complexity index is 1220. The van der Waals surface area contributed by atoms with Gasteiger partial charge in [-0.15, -0.1) is 0 Å². The number of rotatable bonds is 5. The Labute approximate surface area is 181 Å². The van der Waals surface area contributed by atoms with Crippen LogP contribution in [-0.2, 0) is 10.0 Å². The number of carbonyl (C=O) groups is 1. The van der Waals surface area contributed by atoms with Gasteiger partial charge in [0.05, 0.1) is 4.90 Å². The van der Waals surface area contributed by atoms with Gasteiger partial charge in [-0.25, -0.2) is 13.4 Å². The van der Waals surface area contributed by atoms with Crippen LogP contribution < -0.4 is 5.32 Å². The van der Waals surface area contributed by atoms with Crippen molar-refractivity contribution in [3.8, 4) is 0 Å². The molecule has 1 aliphatic carbocycles. The molecule has 7 nitrogen and oxygen atoms in total. The molecule has 2 aromatic carbocycles. The lowest BCUT2D eigenvalue weighted by molar-refractivity contribution is 0.102. The van der Waals surface area contributed by atoms with Crippen molar-refractivity contribution in [2.24, 2.45) is 0 Å². The predicted molar refractivity (Wildman–Crippen MR) is 118 cm³/mol. The normalized spacial score (nSPS) is 18.1. The molecule has 1 aromatic heterocycles. The molecule has 0 bridgehead atoms. The smallest absolute Gasteiger partial charge is 0.255 e. The van der Waals surface area contributed by atoms with Gasteiger partial charge in [0.1, 0.15) is 5.52 Å². The number of hydrogen-bond donors (Lipinski definition) is 1. The number of hydrogen-bond acceptors (Lipinski definition) is 5. The maximum atomic E-state index is 13.1. The van der Waals surface area contributed by atoms with E-state index < -0.39 is 10.0 Å². The van der Waals surface area contributed by atoms with E-state index in [-0.39, 0.29) is 10.8 Å². The number of sulfonamides is 1. The van der Waals surface area contributed by atoms with Gasteiger partial charge in [-0.05, 0) is 62.1 Å². The third-order valence-corrected chi connectivity index (χ3v) is 7.78. The first-order chi connectivity index (χ1) is 15.0. The summed E-state index contributed by atoms with van der Waals surface area (Å²) in [6.45, 7) is 1.05. The van der Waals surface area contributed by atoms with Gasteiger partial charge in [-0.2, -0.15) is 4.31 Å². The number of amides is 1. The van der Waals surface area contributed by atoms with Gasteiger partial charge in [-0.1, -0.05) is 18.9 Å². The zero-order valence-electron chi connectivity index (χ0n) is 17.2. The highest BCUT2D eigenvalue weighted by Crippen LogP contribution is 2.40. The first kappa shape index (κ1) is 20.2. The molecule has 162 valence electrons. The van der Waals surface area contributed by atoms with Crippen molar-refractivity contribution in [3.63, 3.8) is 0 Å². The number of fused-ring (bicyclic) bond motifs is 1. The molecule has 1 amide bonds. The third kappa shape index (κ3) is 4.22. The second kappa shape index (κ2) is 8.09. The molecule has 0 radical (unpaired) electrons. The zero-order chi connectivity index (χ0) is 21.4. The lowest BCUT2D eigenvalue weighted by atomic mass is 10.2. The van der Waals surface area contributed by atoms with Crippen molar-refractivity contribution in [1.82, 2.24) is 9.29 Å². The molecule has 1 saturated heterocycles. The molecular weight excluding hydrogens is 414 g/mol. The van der Waals surface area contributed by atoms with Crippen molar-refractivity contribution in [1.29, 1.82) is 0 Å². The molecule has 1 saturated carbocycles. The van der Waals surface area contributed by atoms with Crippen molar-refractivity contribution in [3.05, 3.63) is 53.9 Å². The van der Waals surface area contributed by atoms with E-state index in [0.717, 1.165) is 44.4 Å². The molecule has 1 aliphatic heterocycles. The lowest BCUT2D eigenvalue weighted by Crippen LogP contribution is -2.32. The minimum Gasteiger partial charge on any atom is -0.440 e. The summed E-state index contributed by atoms with van der Waals surface area (Å²) in [4.78, 5) is 17.5. The number of carbonyl (C=O) groups excluding carboxylic acids is 1. The number of oxazole rings is 1. The summed E-state index contributed by atoms with van der Waals surface area (Å²) in [6.07, 6.45) is 6.04. The standard InChI is InChI=1S/C23H25N3O4S/c27-22(24-18-10-11-21-20(15-18)25-23(30-21)16-8-9-16)17-6-5-7-19(14-17)31(28,29)26-12-3-1-2-4-13-26/h5-7,10-11,14-16H,1-4,8-9,12-13H2,(H,24,27). The maximum Gasteiger partial charge on any atom is 0.255 e. The molecule has 0 unspecified atom stereocenters. The van der Waals surface area contributed by atoms with E-state index in [1.54, 1.807) is 36.4 Å². The van der Waals surface area contributed by atoms with Crippen LogP contribution in [0, 0.1) is 0 Å². The van der Waals surface area contributed by atoms with Crippen molar-refractivity contribution in [2.75, 3.05) is 18.4 Å². The van der Waals surface area contributed by atoms with E-state index >= 15 is 0 Å². The van der Waals surface area contributed by atoms with E-state index in [1.165, 1.54) is 10.4 Å². The van der Waals surface area contributed by atoms with Gasteiger partial charge < -0.3 is 9.73 Å². The molecule has 1 N–H and O–H groups in total. The van der Waals surface area contributed by atoms with E-state index in [0.29, 0.717) is 41.4 Å². The number of nitrogens with zero attached hydrogens (tertiary/aromatic N) is 2. The molecule has 2 aliphatic rings. The van der Waals surface area contributed by atoms with Gasteiger partial charge in [0, 0.05) is 30.3 Å². The summed E-state index contributed by atoms with van der Waals surface area (Å²) < 4.78 is 33.4. The van der Waals surface area contributed by atoms with Crippen LogP contribution in [0.5, 0.6) is 0 Å². The minimum atomic E-state index is -3.61. The number of aromatic nitrogens is 1. The summed E-state index contributed by atoms with van der Waals surface area (Å²) >= 11 is 0. The highest BCUT2D eigenvalue weighted by atomic mass is 32.2. The van der Waals surface area contributed by atoms with E-state index in [4.69, 9.17) is 4.42 Å². The van der Waals surface area contributed by atoms with Gasteiger partial charge in [-0.3, -0.25) is 4.79 Å². The van der Waals surface area contributed by atoms with Crippen LogP contribution in [0.25, 0.3) is 11.1 Å². The molecule has 0 spiro atoms. The average Bonchev–Trinajstić information content (AvgIpc) is 3.58. The molecule has 31 heavy (non-hydrogen) atoms. The summed E-state index contributed by atoms with van der Waals surface area (Å²) in [7, 11) is -3.61. The number of anilines is 1. The van der Waals surface area contributed by atoms with Gasteiger partial charge in [0.25, 0.3) is 5.91 Å². The highest BCUT2D eigenvalue weighted by molar-refractivity contribution is 7.89. The van der Waals surface area contributed by atoms with Crippen LogP contribution in [0.2, 0.25) is 0 Å². The second-order valence-corrected chi connectivity index (χ2v) is 10.2. The SMILES string of the molecule is O=C(Nc1ccc2oc(C3CC3)nc2c1)c1cccc(S(=O)(=O)N2CCCCCC2)c1. The molecular formula is C23H25N3O4S. The molecule has 5 rings (SSSR count). The quantitative estimate of drug-likeness (QED) is 0.631. The van der Waals surface area contributed by atoms with E-state index in [9.17, 15) is 13.2 Å². The third-order valence-electron chi connectivity index (χ3n) is 5.89. The largest absolute Gasteiger partial charge is 0.440 e. The maximum absolute atomic E-state index is 13.1. The van der Waals surface area contributed by atoms with Crippen molar-refractivity contribution >= 4 is 32.7 Å². The second-order valence-electron chi connectivity index (χ2n) is 8.31. The highest BCUT2D eigenvalue weighted by Gasteiger charge is 2.29. The predicted octanol–water partition coefficient (Wildman–Crippen LogP) is 4.52. The van der Waals surface area contributed by atoms with E-state index in [1.807, 2.05) is 0 Å². The summed E-state index contributed by atoms with van der Waals surface area (Å²) in [5, 5.41) is 2.84. The Morgan fingerprint density at radius 2 is 1.81 bits per heavy atom. The van der Waals surface area contributed by atoms with Crippen LogP contribution in [-0.4, -0.2) is 36.7 Å². The Morgan fingerprint density at radius 1 is 1.03 bits per heavy atom. The molecule has 0 atom stereocenters. The monoisotopic (exact) mass is 439 g/mol. The first-order valence-electron chi connectivity index (χ1n) is 10.8. The molecule has 2 heterocycles. The number of benzene rings is 2. The van der Waals surface area contributed by atoms with Gasteiger partial charge in [0.15, 0.2) is 11.5 Å². The summed E-state index contributed by atoms with van der Waals surface area (Å²) in [5.74, 6) is 0.808. The van der Waals surface area contributed by atoms with Crippen LogP contribution in [0.1, 0.15) is 60.7 Å². The fourth-order valence-corrected chi connectivity index (χ4v) is 5.52. The summed E-state index contributed by atoms with van der Waals surface area (Å²) in [6, 6.07) is 11.6. The summed E-state index contributed by atoms with van der Waals surface area (Å²) in [5.41, 5.74) is 2.30. The van der Waals surface area contributed by atoms with Gasteiger partial charge >= 0.3 is 0 Å². The topological polar surface area (TPSA) is 92.5 Å². The Morgan fingerprint density at radius 3 is 2.55 bits per heavy atom. The molecule has 8 heteroatoms. The van der Waals surface area contributed by atoms with Crippen LogP contribution >= 0.6 is 0 Å². The fraction of sp³-hybridized carbons (Fsp3) is 0.391. The van der Waals surface area contributed by atoms with E-state index in [2.05, 4.69) is 10.3 Å². The Balaban J connectivity index is 1.35. The Hall–Kier alpha value is -2.71. The van der Waals surface area contributed by atoms with Crippen LogP contribution in [0.4, 0.5) is 5.69 Å². The molecule has 2 fully saturated rings. The zero-order valence-corrected chi connectivity index (χ0v) is 18.0. The van der Waals surface area contributed by atoms with Crippen LogP contribution in [0.3, 0.4) is 0 Å². The van der Waals surface area contributed by atoms with Gasteiger partial charge in [0.2, 0.25) is 10.0 Å². The van der Waals surface area contributed by atoms with Crippen molar-refractivity contribution in [2.45, 2.75) is 49.3 Å². The number of nitrogens with one attached hydrogen (secondary N) is 1. The molecule has 3 aromatic rings. The fourth-order valence-electron chi connectivity index (χ4n) is 3.96.